The monoisotopic (exact) mass is 502 g/mol. The minimum atomic E-state index is -0.102. The molecule has 0 unspecified atom stereocenters. The van der Waals surface area contributed by atoms with E-state index in [0.717, 1.165) is 11.5 Å². The molecule has 6 aromatic carbocycles. The van der Waals surface area contributed by atoms with E-state index in [1.807, 2.05) is 0 Å². The van der Waals surface area contributed by atoms with Crippen molar-refractivity contribution in [3.05, 3.63) is 96.1 Å². The van der Waals surface area contributed by atoms with E-state index >= 15 is 0 Å². The second-order valence-electron chi connectivity index (χ2n) is 11.6. The Morgan fingerprint density at radius 3 is 1.28 bits per heavy atom. The van der Waals surface area contributed by atoms with Crippen molar-refractivity contribution in [1.82, 2.24) is 0 Å². The third-order valence-corrected chi connectivity index (χ3v) is 9.55. The van der Waals surface area contributed by atoms with Gasteiger partial charge in [0.2, 0.25) is 0 Å². The zero-order valence-corrected chi connectivity index (χ0v) is 22.4. The number of ether oxygens (including phenoxy) is 2. The fraction of sp³-hybridized carbons (Fsp3) is 0.135. The highest BCUT2D eigenvalue weighted by Crippen LogP contribution is 2.59. The molecule has 2 heteroatoms. The number of fused-ring (bicyclic) bond motifs is 9. The summed E-state index contributed by atoms with van der Waals surface area (Å²) < 4.78 is 11.4. The molecule has 0 radical (unpaired) electrons. The summed E-state index contributed by atoms with van der Waals surface area (Å²) in [6.45, 7) is 4.77. The summed E-state index contributed by atoms with van der Waals surface area (Å²) in [5, 5.41) is 4.97. The molecule has 6 aromatic rings. The topological polar surface area (TPSA) is 18.5 Å². The van der Waals surface area contributed by atoms with Crippen LogP contribution >= 0.6 is 0 Å². The van der Waals surface area contributed by atoms with Crippen molar-refractivity contribution in [2.45, 2.75) is 19.3 Å². The van der Waals surface area contributed by atoms with E-state index in [0.29, 0.717) is 0 Å². The van der Waals surface area contributed by atoms with Crippen LogP contribution in [0.2, 0.25) is 0 Å². The molecule has 0 saturated heterocycles. The van der Waals surface area contributed by atoms with Crippen molar-refractivity contribution in [3.8, 4) is 67.1 Å². The Morgan fingerprint density at radius 2 is 0.846 bits per heavy atom. The van der Waals surface area contributed by atoms with E-state index in [1.54, 1.807) is 14.2 Å². The highest BCUT2D eigenvalue weighted by Gasteiger charge is 2.39. The molecule has 0 saturated carbocycles. The van der Waals surface area contributed by atoms with Gasteiger partial charge < -0.3 is 9.47 Å². The Labute approximate surface area is 227 Å². The van der Waals surface area contributed by atoms with E-state index in [1.165, 1.54) is 88.3 Å². The van der Waals surface area contributed by atoms with Crippen molar-refractivity contribution >= 4 is 21.5 Å². The highest BCUT2D eigenvalue weighted by molar-refractivity contribution is 6.19. The Bertz CT molecular complexity index is 1960. The van der Waals surface area contributed by atoms with Gasteiger partial charge in [0.05, 0.1) is 14.2 Å². The summed E-state index contributed by atoms with van der Waals surface area (Å²) in [5.41, 5.74) is 15.9. The van der Waals surface area contributed by atoms with E-state index in [-0.39, 0.29) is 5.41 Å². The van der Waals surface area contributed by atoms with Gasteiger partial charge in [0.1, 0.15) is 11.5 Å². The molecular weight excluding hydrogens is 476 g/mol. The molecule has 0 aromatic heterocycles. The summed E-state index contributed by atoms with van der Waals surface area (Å²) >= 11 is 0. The lowest BCUT2D eigenvalue weighted by Crippen LogP contribution is -2.15. The minimum Gasteiger partial charge on any atom is -0.496 e. The molecule has 0 heterocycles. The van der Waals surface area contributed by atoms with Gasteiger partial charge in [-0.3, -0.25) is 0 Å². The maximum Gasteiger partial charge on any atom is 0.126 e. The number of hydrogen-bond acceptors (Lipinski definition) is 2. The van der Waals surface area contributed by atoms with Gasteiger partial charge in [-0.2, -0.15) is 0 Å². The summed E-state index contributed by atoms with van der Waals surface area (Å²) in [7, 11) is 3.51. The molecule has 0 spiro atoms. The Hall–Kier alpha value is -4.56. The van der Waals surface area contributed by atoms with Gasteiger partial charge in [-0.1, -0.05) is 62.4 Å². The maximum atomic E-state index is 5.72. The second kappa shape index (κ2) is 6.90. The lowest BCUT2D eigenvalue weighted by Gasteiger charge is -2.23. The van der Waals surface area contributed by atoms with E-state index in [9.17, 15) is 0 Å². The predicted octanol–water partition coefficient (Wildman–Crippen LogP) is 9.61. The fourth-order valence-corrected chi connectivity index (χ4v) is 7.73. The second-order valence-corrected chi connectivity index (χ2v) is 11.6. The third kappa shape index (κ3) is 2.40. The number of benzene rings is 6. The summed E-state index contributed by atoms with van der Waals surface area (Å²) in [6.07, 6.45) is 0. The Morgan fingerprint density at radius 1 is 0.436 bits per heavy atom. The van der Waals surface area contributed by atoms with Gasteiger partial charge in [-0.15, -0.1) is 0 Å². The smallest absolute Gasteiger partial charge is 0.126 e. The summed E-state index contributed by atoms with van der Waals surface area (Å²) in [6, 6.07) is 31.7. The first-order valence-corrected chi connectivity index (χ1v) is 13.6. The Balaban J connectivity index is 1.32. The van der Waals surface area contributed by atoms with E-state index < -0.39 is 0 Å². The number of hydrogen-bond donors (Lipinski definition) is 0. The molecular formula is C37H26O2. The third-order valence-electron chi connectivity index (χ3n) is 9.55. The van der Waals surface area contributed by atoms with Crippen molar-refractivity contribution in [2.75, 3.05) is 14.2 Å². The average Bonchev–Trinajstić information content (AvgIpc) is 3.53. The molecule has 0 fully saturated rings. The molecule has 3 aliphatic rings. The van der Waals surface area contributed by atoms with Gasteiger partial charge in [0.15, 0.2) is 0 Å². The normalized spacial score (nSPS) is 14.4. The van der Waals surface area contributed by atoms with Crippen LogP contribution < -0.4 is 9.47 Å². The number of rotatable bonds is 2. The van der Waals surface area contributed by atoms with Crippen LogP contribution in [-0.4, -0.2) is 14.2 Å². The van der Waals surface area contributed by atoms with E-state index in [4.69, 9.17) is 9.47 Å². The molecule has 9 rings (SSSR count). The van der Waals surface area contributed by atoms with Gasteiger partial charge in [-0.25, -0.2) is 0 Å². The predicted molar refractivity (Wildman–Crippen MR) is 161 cm³/mol. The molecule has 0 bridgehead atoms. The van der Waals surface area contributed by atoms with Gasteiger partial charge in [0, 0.05) is 27.0 Å². The van der Waals surface area contributed by atoms with Crippen LogP contribution in [0.25, 0.3) is 77.2 Å². The van der Waals surface area contributed by atoms with Crippen molar-refractivity contribution in [3.63, 3.8) is 0 Å². The van der Waals surface area contributed by atoms with Crippen LogP contribution in [-0.2, 0) is 5.41 Å². The van der Waals surface area contributed by atoms with Crippen LogP contribution in [0.15, 0.2) is 84.9 Å². The largest absolute Gasteiger partial charge is 0.496 e. The molecule has 0 N–H and O–H groups in total. The van der Waals surface area contributed by atoms with E-state index in [2.05, 4.69) is 98.8 Å². The fourth-order valence-electron chi connectivity index (χ4n) is 7.73. The van der Waals surface area contributed by atoms with Gasteiger partial charge in [-0.05, 0) is 103 Å². The minimum absolute atomic E-state index is 0.102. The van der Waals surface area contributed by atoms with Crippen molar-refractivity contribution in [1.29, 1.82) is 0 Å². The lowest BCUT2D eigenvalue weighted by atomic mass is 9.80. The van der Waals surface area contributed by atoms with Crippen LogP contribution in [0.5, 0.6) is 11.5 Å². The number of methoxy groups -OCH3 is 2. The van der Waals surface area contributed by atoms with Crippen LogP contribution in [0.1, 0.15) is 25.0 Å². The zero-order chi connectivity index (χ0) is 26.2. The standard InChI is InChI=1S/C37H26O2/c1-37(2)31-17-27-21-11-13-33(38-3)23-9-5-7-19(35(21)23)25(27)15-29(31)30-16-26-20-8-6-10-24-34(39-4)14-12-22(36(20)24)28(26)18-32(30)37/h5-18H,1-4H3. The summed E-state index contributed by atoms with van der Waals surface area (Å²) in [5.74, 6) is 1.87. The average molecular weight is 503 g/mol. The zero-order valence-electron chi connectivity index (χ0n) is 22.4. The maximum absolute atomic E-state index is 5.72. The molecule has 0 amide bonds. The van der Waals surface area contributed by atoms with Gasteiger partial charge in [0.25, 0.3) is 0 Å². The highest BCUT2D eigenvalue weighted by atomic mass is 16.5. The molecule has 3 aliphatic carbocycles. The first kappa shape index (κ1) is 21.4. The summed E-state index contributed by atoms with van der Waals surface area (Å²) in [4.78, 5) is 0. The first-order valence-electron chi connectivity index (χ1n) is 13.6. The molecule has 2 nitrogen and oxygen atoms in total. The first-order chi connectivity index (χ1) is 19.0. The lowest BCUT2D eigenvalue weighted by molar-refractivity contribution is 0.420. The molecule has 0 aliphatic heterocycles. The van der Waals surface area contributed by atoms with Crippen LogP contribution in [0.3, 0.4) is 0 Å². The quantitative estimate of drug-likeness (QED) is 0.234. The molecule has 186 valence electrons. The molecule has 39 heavy (non-hydrogen) atoms. The van der Waals surface area contributed by atoms with Gasteiger partial charge >= 0.3 is 0 Å². The molecule has 0 atom stereocenters. The van der Waals surface area contributed by atoms with Crippen molar-refractivity contribution < 1.29 is 9.47 Å². The van der Waals surface area contributed by atoms with Crippen LogP contribution in [0, 0.1) is 0 Å². The SMILES string of the molecule is COc1ccc2c3c(cccc13)-c1cc3c(cc1-2)C(C)(C)c1cc2c(cc1-3)-c1cccc3c(OC)ccc-2c13. The Kier molecular flexibility index (Phi) is 3.78. The van der Waals surface area contributed by atoms with Crippen molar-refractivity contribution in [2.24, 2.45) is 0 Å². The van der Waals surface area contributed by atoms with Crippen LogP contribution in [0.4, 0.5) is 0 Å².